The van der Waals surface area contributed by atoms with Crippen molar-refractivity contribution in [2.45, 2.75) is 13.5 Å². The summed E-state index contributed by atoms with van der Waals surface area (Å²) in [7, 11) is 0. The lowest BCUT2D eigenvalue weighted by Gasteiger charge is -2.07. The maximum atomic E-state index is 12.3. The smallest absolute Gasteiger partial charge is 0.261 e. The van der Waals surface area contributed by atoms with E-state index < -0.39 is 5.91 Å². The van der Waals surface area contributed by atoms with Crippen molar-refractivity contribution in [3.63, 3.8) is 0 Å². The number of aryl methyl sites for hydroxylation is 1. The minimum atomic E-state index is -0.454. The second-order valence-corrected chi connectivity index (χ2v) is 6.53. The molecule has 0 aliphatic rings. The predicted molar refractivity (Wildman–Crippen MR) is 94.5 cm³/mol. The maximum absolute atomic E-state index is 12.3. The summed E-state index contributed by atoms with van der Waals surface area (Å²) in [6.45, 7) is 1.47. The molecule has 0 aliphatic heterocycles. The molecule has 3 aromatic rings. The Morgan fingerprint density at radius 2 is 2.00 bits per heavy atom. The maximum Gasteiger partial charge on any atom is 0.261 e. The first-order valence-electron chi connectivity index (χ1n) is 7.46. The number of fused-ring (bicyclic) bond motifs is 1. The summed E-state index contributed by atoms with van der Waals surface area (Å²) in [6.07, 6.45) is 2.97. The van der Waals surface area contributed by atoms with E-state index in [9.17, 15) is 14.4 Å². The van der Waals surface area contributed by atoms with Crippen molar-refractivity contribution in [3.8, 4) is 0 Å². The highest BCUT2D eigenvalue weighted by Crippen LogP contribution is 2.15. The van der Waals surface area contributed by atoms with Crippen LogP contribution in [0, 0.1) is 6.92 Å². The van der Waals surface area contributed by atoms with Gasteiger partial charge in [-0.15, -0.1) is 11.3 Å². The average Bonchev–Trinajstić information content (AvgIpc) is 3.00. The number of nitrogens with zero attached hydrogens (tertiary/aromatic N) is 3. The Morgan fingerprint density at radius 1 is 1.20 bits per heavy atom. The predicted octanol–water partition coefficient (Wildman–Crippen LogP) is 0.916. The molecule has 0 bridgehead atoms. The van der Waals surface area contributed by atoms with Crippen molar-refractivity contribution in [3.05, 3.63) is 52.0 Å². The SMILES string of the molecule is Cc1cnc(NC(=O)CNC(=O)Cn2cnc3ccccc3c2=O)s1. The van der Waals surface area contributed by atoms with Crippen molar-refractivity contribution in [2.75, 3.05) is 11.9 Å². The lowest BCUT2D eigenvalue weighted by atomic mass is 10.2. The molecule has 0 fully saturated rings. The Kier molecular flexibility index (Phi) is 4.85. The number of aromatic nitrogens is 3. The molecule has 2 amide bonds. The fraction of sp³-hybridized carbons (Fsp3) is 0.188. The molecule has 9 heteroatoms. The number of rotatable bonds is 5. The summed E-state index contributed by atoms with van der Waals surface area (Å²) >= 11 is 1.35. The van der Waals surface area contributed by atoms with Gasteiger partial charge in [0.15, 0.2) is 5.13 Å². The number of benzene rings is 1. The number of para-hydroxylation sites is 1. The molecule has 25 heavy (non-hydrogen) atoms. The van der Waals surface area contributed by atoms with Crippen LogP contribution < -0.4 is 16.2 Å². The first-order chi connectivity index (χ1) is 12.0. The molecule has 128 valence electrons. The Labute approximate surface area is 146 Å². The van der Waals surface area contributed by atoms with Gasteiger partial charge in [0.1, 0.15) is 6.54 Å². The molecule has 0 spiro atoms. The van der Waals surface area contributed by atoms with Crippen LogP contribution in [0.25, 0.3) is 10.9 Å². The van der Waals surface area contributed by atoms with E-state index in [4.69, 9.17) is 0 Å². The highest BCUT2D eigenvalue weighted by molar-refractivity contribution is 7.15. The summed E-state index contributed by atoms with van der Waals surface area (Å²) in [4.78, 5) is 45.2. The first kappa shape index (κ1) is 16.8. The average molecular weight is 357 g/mol. The van der Waals surface area contributed by atoms with Crippen LogP contribution in [-0.4, -0.2) is 32.9 Å². The summed E-state index contributed by atoms with van der Waals surface area (Å²) in [5.41, 5.74) is 0.269. The van der Waals surface area contributed by atoms with Crippen LogP contribution in [0.3, 0.4) is 0 Å². The third kappa shape index (κ3) is 4.07. The number of carbonyl (C=O) groups excluding carboxylic acids is 2. The van der Waals surface area contributed by atoms with Crippen molar-refractivity contribution in [2.24, 2.45) is 0 Å². The molecular weight excluding hydrogens is 342 g/mol. The Hall–Kier alpha value is -3.07. The number of hydrogen-bond donors (Lipinski definition) is 2. The van der Waals surface area contributed by atoms with Gasteiger partial charge < -0.3 is 10.6 Å². The molecule has 2 aromatic heterocycles. The van der Waals surface area contributed by atoms with Crippen LogP contribution in [-0.2, 0) is 16.1 Å². The Morgan fingerprint density at radius 3 is 2.76 bits per heavy atom. The first-order valence-corrected chi connectivity index (χ1v) is 8.28. The van der Waals surface area contributed by atoms with Gasteiger partial charge in [0.25, 0.3) is 5.56 Å². The van der Waals surface area contributed by atoms with Gasteiger partial charge in [-0.3, -0.25) is 19.0 Å². The van der Waals surface area contributed by atoms with E-state index in [1.165, 1.54) is 22.2 Å². The van der Waals surface area contributed by atoms with Gasteiger partial charge in [-0.05, 0) is 19.1 Å². The Balaban J connectivity index is 1.58. The highest BCUT2D eigenvalue weighted by Gasteiger charge is 2.10. The monoisotopic (exact) mass is 357 g/mol. The molecule has 0 aliphatic carbocycles. The summed E-state index contributed by atoms with van der Waals surface area (Å²) in [6, 6.07) is 6.91. The van der Waals surface area contributed by atoms with Crippen molar-refractivity contribution in [1.82, 2.24) is 19.9 Å². The molecular formula is C16H15N5O3S. The van der Waals surface area contributed by atoms with Crippen LogP contribution >= 0.6 is 11.3 Å². The molecule has 1 aromatic carbocycles. The molecule has 2 heterocycles. The number of carbonyl (C=O) groups is 2. The second-order valence-electron chi connectivity index (χ2n) is 5.30. The number of thiazole rings is 1. The number of nitrogens with one attached hydrogen (secondary N) is 2. The second kappa shape index (κ2) is 7.22. The van der Waals surface area contributed by atoms with Gasteiger partial charge in [0, 0.05) is 11.1 Å². The molecule has 2 N–H and O–H groups in total. The van der Waals surface area contributed by atoms with Gasteiger partial charge >= 0.3 is 0 Å². The minimum absolute atomic E-state index is 0.201. The highest BCUT2D eigenvalue weighted by atomic mass is 32.1. The lowest BCUT2D eigenvalue weighted by Crippen LogP contribution is -2.37. The molecule has 0 radical (unpaired) electrons. The van der Waals surface area contributed by atoms with E-state index in [-0.39, 0.29) is 24.6 Å². The number of hydrogen-bond acceptors (Lipinski definition) is 6. The van der Waals surface area contributed by atoms with Crippen molar-refractivity contribution < 1.29 is 9.59 Å². The van der Waals surface area contributed by atoms with E-state index in [2.05, 4.69) is 20.6 Å². The van der Waals surface area contributed by atoms with Crippen LogP contribution in [0.1, 0.15) is 4.88 Å². The van der Waals surface area contributed by atoms with E-state index >= 15 is 0 Å². The lowest BCUT2D eigenvalue weighted by molar-refractivity contribution is -0.124. The van der Waals surface area contributed by atoms with E-state index in [0.29, 0.717) is 16.0 Å². The normalized spacial score (nSPS) is 10.6. The zero-order chi connectivity index (χ0) is 17.8. The van der Waals surface area contributed by atoms with E-state index in [1.807, 2.05) is 6.92 Å². The van der Waals surface area contributed by atoms with E-state index in [1.54, 1.807) is 30.5 Å². The fourth-order valence-corrected chi connectivity index (χ4v) is 2.86. The largest absolute Gasteiger partial charge is 0.345 e. The zero-order valence-electron chi connectivity index (χ0n) is 13.4. The van der Waals surface area contributed by atoms with Crippen molar-refractivity contribution >= 4 is 39.2 Å². The summed E-state index contributed by atoms with van der Waals surface area (Å²) < 4.78 is 1.21. The van der Waals surface area contributed by atoms with Gasteiger partial charge in [0.05, 0.1) is 23.8 Å². The standard InChI is InChI=1S/C16H15N5O3S/c1-10-6-18-16(25-10)20-13(22)7-17-14(23)8-21-9-19-12-5-3-2-4-11(12)15(21)24/h2-6,9H,7-8H2,1H3,(H,17,23)(H,18,20,22). The molecule has 0 atom stereocenters. The summed E-state index contributed by atoms with van der Waals surface area (Å²) in [5.74, 6) is -0.837. The zero-order valence-corrected chi connectivity index (χ0v) is 14.2. The van der Waals surface area contributed by atoms with Crippen LogP contribution in [0.4, 0.5) is 5.13 Å². The van der Waals surface area contributed by atoms with Gasteiger partial charge in [0.2, 0.25) is 11.8 Å². The molecule has 0 saturated carbocycles. The third-order valence-electron chi connectivity index (χ3n) is 3.36. The van der Waals surface area contributed by atoms with Gasteiger partial charge in [-0.25, -0.2) is 9.97 Å². The van der Waals surface area contributed by atoms with Crippen LogP contribution in [0.2, 0.25) is 0 Å². The fourth-order valence-electron chi connectivity index (χ4n) is 2.18. The molecule has 0 unspecified atom stereocenters. The minimum Gasteiger partial charge on any atom is -0.345 e. The number of anilines is 1. The topological polar surface area (TPSA) is 106 Å². The molecule has 3 rings (SSSR count). The molecule has 8 nitrogen and oxygen atoms in total. The summed E-state index contributed by atoms with van der Waals surface area (Å²) in [5, 5.41) is 5.98. The molecule has 0 saturated heterocycles. The number of amides is 2. The van der Waals surface area contributed by atoms with E-state index in [0.717, 1.165) is 4.88 Å². The Bertz CT molecular complexity index is 995. The third-order valence-corrected chi connectivity index (χ3v) is 4.19. The van der Waals surface area contributed by atoms with Gasteiger partial charge in [-0.1, -0.05) is 12.1 Å². The van der Waals surface area contributed by atoms with Crippen LogP contribution in [0.15, 0.2) is 41.6 Å². The quantitative estimate of drug-likeness (QED) is 0.706. The van der Waals surface area contributed by atoms with Crippen molar-refractivity contribution in [1.29, 1.82) is 0 Å². The van der Waals surface area contributed by atoms with Gasteiger partial charge in [-0.2, -0.15) is 0 Å². The van der Waals surface area contributed by atoms with Crippen LogP contribution in [0.5, 0.6) is 0 Å².